The van der Waals surface area contributed by atoms with Crippen molar-refractivity contribution in [1.29, 1.82) is 0 Å². The lowest BCUT2D eigenvalue weighted by molar-refractivity contribution is 0.0941. The molecule has 0 aliphatic carbocycles. The van der Waals surface area contributed by atoms with Gasteiger partial charge in [0.25, 0.3) is 5.91 Å². The van der Waals surface area contributed by atoms with Crippen LogP contribution in [-0.2, 0) is 0 Å². The Hall–Kier alpha value is -2.88. The first-order valence-electron chi connectivity index (χ1n) is 7.72. The molecule has 1 N–H and O–H groups in total. The molecule has 0 spiro atoms. The highest BCUT2D eigenvalue weighted by Crippen LogP contribution is 2.23. The van der Waals surface area contributed by atoms with Crippen LogP contribution in [0.3, 0.4) is 0 Å². The van der Waals surface area contributed by atoms with Crippen LogP contribution in [0.4, 0.5) is 4.39 Å². The maximum atomic E-state index is 13.9. The Morgan fingerprint density at radius 3 is 2.33 bits per heavy atom. The van der Waals surface area contributed by atoms with Gasteiger partial charge in [0.1, 0.15) is 11.6 Å². The summed E-state index contributed by atoms with van der Waals surface area (Å²) in [7, 11) is 1.61. The third-order valence-electron chi connectivity index (χ3n) is 4.08. The number of methoxy groups -OCH3 is 1. The van der Waals surface area contributed by atoms with Crippen molar-refractivity contribution in [2.45, 2.75) is 13.0 Å². The minimum absolute atomic E-state index is 0.174. The number of hydrogen-bond donors (Lipinski definition) is 1. The Morgan fingerprint density at radius 2 is 1.67 bits per heavy atom. The quantitative estimate of drug-likeness (QED) is 0.769. The van der Waals surface area contributed by atoms with Gasteiger partial charge in [0.2, 0.25) is 0 Å². The lowest BCUT2D eigenvalue weighted by Crippen LogP contribution is -2.26. The van der Waals surface area contributed by atoms with E-state index in [1.165, 1.54) is 12.1 Å². The molecule has 3 nitrogen and oxygen atoms in total. The second kappa shape index (κ2) is 6.71. The van der Waals surface area contributed by atoms with Crippen molar-refractivity contribution in [2.75, 3.05) is 7.11 Å². The number of hydrogen-bond acceptors (Lipinski definition) is 2. The van der Waals surface area contributed by atoms with Gasteiger partial charge in [0.05, 0.1) is 13.2 Å². The predicted molar refractivity (Wildman–Crippen MR) is 92.8 cm³/mol. The van der Waals surface area contributed by atoms with E-state index in [1.54, 1.807) is 31.4 Å². The molecule has 24 heavy (non-hydrogen) atoms. The Bertz CT molecular complexity index is 874. The highest BCUT2D eigenvalue weighted by atomic mass is 19.1. The second-order valence-electron chi connectivity index (χ2n) is 5.61. The van der Waals surface area contributed by atoms with Crippen LogP contribution in [0.25, 0.3) is 10.8 Å². The third-order valence-corrected chi connectivity index (χ3v) is 4.08. The fourth-order valence-electron chi connectivity index (χ4n) is 2.71. The maximum Gasteiger partial charge on any atom is 0.252 e. The van der Waals surface area contributed by atoms with Crippen LogP contribution in [0, 0.1) is 5.82 Å². The Morgan fingerprint density at radius 1 is 1.00 bits per heavy atom. The zero-order valence-corrected chi connectivity index (χ0v) is 13.5. The number of benzene rings is 3. The van der Waals surface area contributed by atoms with Crippen LogP contribution in [0.5, 0.6) is 5.75 Å². The van der Waals surface area contributed by atoms with Crippen LogP contribution in [0.1, 0.15) is 28.9 Å². The first-order valence-corrected chi connectivity index (χ1v) is 7.72. The molecular formula is C20H18FNO2. The molecule has 3 aromatic rings. The second-order valence-corrected chi connectivity index (χ2v) is 5.61. The summed E-state index contributed by atoms with van der Waals surface area (Å²) >= 11 is 0. The van der Waals surface area contributed by atoms with Gasteiger partial charge in [0, 0.05) is 10.9 Å². The van der Waals surface area contributed by atoms with Gasteiger partial charge in [-0.05, 0) is 42.1 Å². The molecule has 0 radical (unpaired) electrons. The Kier molecular flexibility index (Phi) is 4.47. The predicted octanol–water partition coefficient (Wildman–Crippen LogP) is 4.48. The third kappa shape index (κ3) is 3.08. The first kappa shape index (κ1) is 16.0. The van der Waals surface area contributed by atoms with E-state index in [9.17, 15) is 9.18 Å². The molecule has 1 unspecified atom stereocenters. The number of amides is 1. The zero-order valence-electron chi connectivity index (χ0n) is 13.5. The summed E-state index contributed by atoms with van der Waals surface area (Å²) in [5.74, 6) is 0.210. The van der Waals surface area contributed by atoms with E-state index in [4.69, 9.17) is 4.74 Å². The molecule has 0 bridgehead atoms. The lowest BCUT2D eigenvalue weighted by Gasteiger charge is -2.16. The van der Waals surface area contributed by atoms with E-state index < -0.39 is 0 Å². The number of halogens is 1. The summed E-state index contributed by atoms with van der Waals surface area (Å²) in [6.07, 6.45) is 0. The van der Waals surface area contributed by atoms with E-state index in [-0.39, 0.29) is 17.8 Å². The van der Waals surface area contributed by atoms with Crippen molar-refractivity contribution >= 4 is 16.7 Å². The van der Waals surface area contributed by atoms with Gasteiger partial charge >= 0.3 is 0 Å². The van der Waals surface area contributed by atoms with E-state index in [0.717, 1.165) is 11.3 Å². The fourth-order valence-corrected chi connectivity index (χ4v) is 2.71. The van der Waals surface area contributed by atoms with Crippen molar-refractivity contribution in [3.05, 3.63) is 77.6 Å². The minimum Gasteiger partial charge on any atom is -0.497 e. The Balaban J connectivity index is 1.85. The number of carbonyl (C=O) groups excluding carboxylic acids is 1. The molecule has 0 saturated heterocycles. The highest BCUT2D eigenvalue weighted by molar-refractivity contribution is 6.07. The molecule has 1 amide bonds. The smallest absolute Gasteiger partial charge is 0.252 e. The standard InChI is InChI=1S/C20H18FNO2/c1-13(14-7-9-15(24-2)10-8-14)22-20(23)18-11-12-19(21)17-6-4-3-5-16(17)18/h3-13H,1-2H3,(H,22,23). The summed E-state index contributed by atoms with van der Waals surface area (Å²) in [6.45, 7) is 1.91. The van der Waals surface area contributed by atoms with Crippen LogP contribution < -0.4 is 10.1 Å². The molecule has 0 aliphatic heterocycles. The number of carbonyl (C=O) groups is 1. The zero-order chi connectivity index (χ0) is 17.1. The number of rotatable bonds is 4. The molecule has 0 heterocycles. The van der Waals surface area contributed by atoms with Crippen LogP contribution >= 0.6 is 0 Å². The average Bonchev–Trinajstić information content (AvgIpc) is 2.62. The minimum atomic E-state index is -0.328. The van der Waals surface area contributed by atoms with Crippen LogP contribution in [0.2, 0.25) is 0 Å². The van der Waals surface area contributed by atoms with Gasteiger partial charge in [-0.25, -0.2) is 4.39 Å². The van der Waals surface area contributed by atoms with Crippen molar-refractivity contribution < 1.29 is 13.9 Å². The summed E-state index contributed by atoms with van der Waals surface area (Å²) in [6, 6.07) is 17.2. The molecule has 122 valence electrons. The molecule has 3 aromatic carbocycles. The number of nitrogens with one attached hydrogen (secondary N) is 1. The fraction of sp³-hybridized carbons (Fsp3) is 0.150. The van der Waals surface area contributed by atoms with Crippen molar-refractivity contribution in [1.82, 2.24) is 5.32 Å². The molecular weight excluding hydrogens is 305 g/mol. The van der Waals surface area contributed by atoms with Crippen molar-refractivity contribution in [3.63, 3.8) is 0 Å². The molecule has 4 heteroatoms. The topological polar surface area (TPSA) is 38.3 Å². The normalized spacial score (nSPS) is 12.0. The number of fused-ring (bicyclic) bond motifs is 1. The largest absolute Gasteiger partial charge is 0.497 e. The van der Waals surface area contributed by atoms with Gasteiger partial charge < -0.3 is 10.1 Å². The Labute approximate surface area is 140 Å². The van der Waals surface area contributed by atoms with E-state index in [2.05, 4.69) is 5.32 Å². The van der Waals surface area contributed by atoms with Gasteiger partial charge in [-0.15, -0.1) is 0 Å². The van der Waals surface area contributed by atoms with Gasteiger partial charge in [-0.2, -0.15) is 0 Å². The number of ether oxygens (including phenoxy) is 1. The van der Waals surface area contributed by atoms with Crippen LogP contribution in [-0.4, -0.2) is 13.0 Å². The van der Waals surface area contributed by atoms with E-state index in [0.29, 0.717) is 16.3 Å². The van der Waals surface area contributed by atoms with Crippen LogP contribution in [0.15, 0.2) is 60.7 Å². The molecule has 0 saturated carbocycles. The molecule has 0 aliphatic rings. The van der Waals surface area contributed by atoms with Crippen molar-refractivity contribution in [3.8, 4) is 5.75 Å². The van der Waals surface area contributed by atoms with Crippen molar-refractivity contribution in [2.24, 2.45) is 0 Å². The molecule has 1 atom stereocenters. The SMILES string of the molecule is COc1ccc(C(C)NC(=O)c2ccc(F)c3ccccc23)cc1. The van der Waals surface area contributed by atoms with Gasteiger partial charge in [-0.1, -0.05) is 36.4 Å². The molecule has 0 fully saturated rings. The summed E-state index contributed by atoms with van der Waals surface area (Å²) < 4.78 is 19.0. The monoisotopic (exact) mass is 323 g/mol. The van der Waals surface area contributed by atoms with E-state index in [1.807, 2.05) is 31.2 Å². The molecule has 3 rings (SSSR count). The molecule has 0 aromatic heterocycles. The van der Waals surface area contributed by atoms with Gasteiger partial charge in [0.15, 0.2) is 0 Å². The lowest BCUT2D eigenvalue weighted by atomic mass is 10.0. The summed E-state index contributed by atoms with van der Waals surface area (Å²) in [4.78, 5) is 12.6. The van der Waals surface area contributed by atoms with E-state index >= 15 is 0 Å². The highest BCUT2D eigenvalue weighted by Gasteiger charge is 2.15. The summed E-state index contributed by atoms with van der Waals surface area (Å²) in [5.41, 5.74) is 1.43. The summed E-state index contributed by atoms with van der Waals surface area (Å²) in [5, 5.41) is 4.01. The first-order chi connectivity index (χ1) is 11.6. The van der Waals surface area contributed by atoms with Gasteiger partial charge in [-0.3, -0.25) is 4.79 Å². The average molecular weight is 323 g/mol. The maximum absolute atomic E-state index is 13.9.